The van der Waals surface area contributed by atoms with E-state index in [4.69, 9.17) is 0 Å². The third-order valence-corrected chi connectivity index (χ3v) is 6.35. The predicted molar refractivity (Wildman–Crippen MR) is 125 cm³/mol. The van der Waals surface area contributed by atoms with E-state index in [0.29, 0.717) is 48.6 Å². The van der Waals surface area contributed by atoms with E-state index in [-0.39, 0.29) is 23.0 Å². The normalized spacial score (nSPS) is 17.8. The molecule has 0 bridgehead atoms. The zero-order valence-electron chi connectivity index (χ0n) is 18.6. The highest BCUT2D eigenvalue weighted by molar-refractivity contribution is 6.14. The zero-order chi connectivity index (χ0) is 23.8. The van der Waals surface area contributed by atoms with E-state index in [9.17, 15) is 14.0 Å². The number of pyridine rings is 1. The molecule has 1 amide bonds. The Kier molecular flexibility index (Phi) is 5.81. The van der Waals surface area contributed by atoms with Gasteiger partial charge in [0.05, 0.1) is 11.4 Å². The Bertz CT molecular complexity index is 1290. The molecule has 34 heavy (non-hydrogen) atoms. The minimum Gasteiger partial charge on any atom is -0.354 e. The average molecular weight is 463 g/mol. The van der Waals surface area contributed by atoms with E-state index in [0.717, 1.165) is 18.4 Å². The fourth-order valence-electron chi connectivity index (χ4n) is 4.32. The summed E-state index contributed by atoms with van der Waals surface area (Å²) >= 11 is 0. The molecule has 0 unspecified atom stereocenters. The number of anilines is 1. The first-order chi connectivity index (χ1) is 16.5. The van der Waals surface area contributed by atoms with E-state index in [1.54, 1.807) is 18.2 Å². The molecule has 2 N–H and O–H groups in total. The first-order valence-electron chi connectivity index (χ1n) is 11.2. The number of fused-ring (bicyclic) bond motifs is 1. The SMILES string of the molecule is CNC(=O)c1ccc(C2=CCN(Cc3ccc4c(c3F)NC(=C=O)C(C3CC3)=N4)CC2)c(F)n1. The van der Waals surface area contributed by atoms with Crippen LogP contribution in [0.3, 0.4) is 0 Å². The third-order valence-electron chi connectivity index (χ3n) is 6.35. The van der Waals surface area contributed by atoms with Crippen molar-refractivity contribution in [2.75, 3.05) is 25.5 Å². The second-order valence-corrected chi connectivity index (χ2v) is 8.63. The smallest absolute Gasteiger partial charge is 0.269 e. The van der Waals surface area contributed by atoms with Gasteiger partial charge < -0.3 is 10.6 Å². The van der Waals surface area contributed by atoms with Crippen LogP contribution in [0.2, 0.25) is 0 Å². The molecule has 3 heterocycles. The number of carbonyl (C=O) groups excluding carboxylic acids is 2. The van der Waals surface area contributed by atoms with Gasteiger partial charge in [0.1, 0.15) is 17.1 Å². The maximum Gasteiger partial charge on any atom is 0.269 e. The van der Waals surface area contributed by atoms with Crippen molar-refractivity contribution >= 4 is 34.5 Å². The molecular weight excluding hydrogens is 440 g/mol. The lowest BCUT2D eigenvalue weighted by molar-refractivity contribution is 0.0957. The first kappa shape index (κ1) is 22.1. The summed E-state index contributed by atoms with van der Waals surface area (Å²) in [6.07, 6.45) is 4.42. The molecule has 0 atom stereocenters. The second-order valence-electron chi connectivity index (χ2n) is 8.63. The highest BCUT2D eigenvalue weighted by atomic mass is 19.1. The van der Waals surface area contributed by atoms with Crippen LogP contribution in [0.1, 0.15) is 40.9 Å². The number of rotatable bonds is 5. The standard InChI is InChI=1S/C25H23F2N5O2/c1-28-25(34)19-7-5-17(24(27)31-19)14-8-10-32(11-9-14)12-16-4-6-18-23(21(16)26)30-20(13-33)22(29-18)15-2-3-15/h4-8,15,30H,2-3,9-12H2,1H3,(H,28,34). The minimum atomic E-state index is -0.683. The average Bonchev–Trinajstić information content (AvgIpc) is 3.70. The van der Waals surface area contributed by atoms with Crippen molar-refractivity contribution in [3.8, 4) is 0 Å². The van der Waals surface area contributed by atoms with Crippen LogP contribution in [0, 0.1) is 17.7 Å². The van der Waals surface area contributed by atoms with Gasteiger partial charge in [-0.25, -0.2) is 19.2 Å². The Morgan fingerprint density at radius 2 is 2.09 bits per heavy atom. The number of aromatic nitrogens is 1. The summed E-state index contributed by atoms with van der Waals surface area (Å²) in [5.41, 5.74) is 3.27. The van der Waals surface area contributed by atoms with Crippen LogP contribution in [0.4, 0.5) is 20.2 Å². The fourth-order valence-corrected chi connectivity index (χ4v) is 4.32. The quantitative estimate of drug-likeness (QED) is 0.522. The minimum absolute atomic E-state index is 0.0273. The Hall–Kier alpha value is -3.68. The molecule has 1 aromatic carbocycles. The van der Waals surface area contributed by atoms with E-state index in [2.05, 4.69) is 25.5 Å². The second kappa shape index (κ2) is 8.93. The molecule has 0 radical (unpaired) electrons. The Balaban J connectivity index is 1.31. The molecule has 1 aromatic heterocycles. The maximum atomic E-state index is 15.3. The number of amides is 1. The number of nitrogens with one attached hydrogen (secondary N) is 2. The molecule has 174 valence electrons. The number of hydrogen-bond acceptors (Lipinski definition) is 6. The van der Waals surface area contributed by atoms with E-state index < -0.39 is 17.7 Å². The molecule has 2 aliphatic heterocycles. The van der Waals surface area contributed by atoms with Crippen molar-refractivity contribution in [1.29, 1.82) is 0 Å². The molecule has 1 saturated carbocycles. The van der Waals surface area contributed by atoms with Crippen LogP contribution in [-0.4, -0.2) is 47.6 Å². The largest absolute Gasteiger partial charge is 0.354 e. The van der Waals surface area contributed by atoms with Gasteiger partial charge in [-0.05, 0) is 43.0 Å². The van der Waals surface area contributed by atoms with Gasteiger partial charge in [-0.1, -0.05) is 12.1 Å². The summed E-state index contributed by atoms with van der Waals surface area (Å²) in [7, 11) is 1.46. The summed E-state index contributed by atoms with van der Waals surface area (Å²) in [5, 5.41) is 5.32. The number of aliphatic imine (C=N–C) groups is 1. The Morgan fingerprint density at radius 1 is 1.26 bits per heavy atom. The number of hydrogen-bond donors (Lipinski definition) is 2. The van der Waals surface area contributed by atoms with Crippen LogP contribution in [0.25, 0.3) is 5.57 Å². The highest BCUT2D eigenvalue weighted by Crippen LogP contribution is 2.41. The molecule has 9 heteroatoms. The van der Waals surface area contributed by atoms with Crippen molar-refractivity contribution in [3.05, 3.63) is 64.6 Å². The summed E-state index contributed by atoms with van der Waals surface area (Å²) in [4.78, 5) is 33.3. The fraction of sp³-hybridized carbons (Fsp3) is 0.320. The molecule has 5 rings (SSSR count). The Morgan fingerprint density at radius 3 is 2.74 bits per heavy atom. The van der Waals surface area contributed by atoms with Gasteiger partial charge >= 0.3 is 0 Å². The molecular formula is C25H23F2N5O2. The number of carbonyl (C=O) groups is 1. The van der Waals surface area contributed by atoms with Gasteiger partial charge in [0.2, 0.25) is 5.95 Å². The van der Waals surface area contributed by atoms with Gasteiger partial charge in [0.25, 0.3) is 5.91 Å². The maximum absolute atomic E-state index is 15.3. The van der Waals surface area contributed by atoms with Crippen molar-refractivity contribution in [3.63, 3.8) is 0 Å². The third kappa shape index (κ3) is 4.16. The predicted octanol–water partition coefficient (Wildman–Crippen LogP) is 3.63. The lowest BCUT2D eigenvalue weighted by Gasteiger charge is -2.27. The topological polar surface area (TPSA) is 86.7 Å². The zero-order valence-corrected chi connectivity index (χ0v) is 18.6. The summed E-state index contributed by atoms with van der Waals surface area (Å²) in [5.74, 6) is 0.551. The van der Waals surface area contributed by atoms with Crippen molar-refractivity contribution in [2.45, 2.75) is 25.8 Å². The molecule has 3 aliphatic rings. The monoisotopic (exact) mass is 463 g/mol. The van der Waals surface area contributed by atoms with Gasteiger partial charge in [0.15, 0.2) is 11.8 Å². The van der Waals surface area contributed by atoms with Gasteiger partial charge in [-0.3, -0.25) is 9.69 Å². The van der Waals surface area contributed by atoms with Crippen LogP contribution < -0.4 is 10.6 Å². The molecule has 7 nitrogen and oxygen atoms in total. The lowest BCUT2D eigenvalue weighted by atomic mass is 9.99. The van der Waals surface area contributed by atoms with Crippen LogP contribution in [0.5, 0.6) is 0 Å². The molecule has 0 saturated heterocycles. The lowest BCUT2D eigenvalue weighted by Crippen LogP contribution is -2.29. The number of allylic oxidation sites excluding steroid dienone is 1. The van der Waals surface area contributed by atoms with Crippen LogP contribution in [-0.2, 0) is 11.3 Å². The molecule has 2 aromatic rings. The van der Waals surface area contributed by atoms with E-state index >= 15 is 4.39 Å². The van der Waals surface area contributed by atoms with Crippen molar-refractivity contribution in [2.24, 2.45) is 10.9 Å². The Labute approximate surface area is 195 Å². The molecule has 1 fully saturated rings. The number of nitrogens with zero attached hydrogens (tertiary/aromatic N) is 3. The number of halogens is 2. The van der Waals surface area contributed by atoms with E-state index in [1.165, 1.54) is 13.1 Å². The van der Waals surface area contributed by atoms with Crippen molar-refractivity contribution in [1.82, 2.24) is 15.2 Å². The van der Waals surface area contributed by atoms with Gasteiger partial charge in [-0.15, -0.1) is 0 Å². The van der Waals surface area contributed by atoms with Crippen molar-refractivity contribution < 1.29 is 18.4 Å². The summed E-state index contributed by atoms with van der Waals surface area (Å²) < 4.78 is 29.8. The van der Waals surface area contributed by atoms with Gasteiger partial charge in [-0.2, -0.15) is 4.39 Å². The highest BCUT2D eigenvalue weighted by Gasteiger charge is 2.34. The van der Waals surface area contributed by atoms with E-state index in [1.807, 2.05) is 12.0 Å². The molecule has 0 spiro atoms. The first-order valence-corrected chi connectivity index (χ1v) is 11.2. The van der Waals surface area contributed by atoms with Crippen LogP contribution in [0.15, 0.2) is 41.0 Å². The van der Waals surface area contributed by atoms with Crippen LogP contribution >= 0.6 is 0 Å². The summed E-state index contributed by atoms with van der Waals surface area (Å²) in [6, 6.07) is 6.56. The van der Waals surface area contributed by atoms with Gasteiger partial charge in [0, 0.05) is 43.7 Å². The molecule has 1 aliphatic carbocycles. The summed E-state index contributed by atoms with van der Waals surface area (Å²) in [6.45, 7) is 1.48. The number of benzene rings is 1.